The summed E-state index contributed by atoms with van der Waals surface area (Å²) in [5.74, 6) is 0. The van der Waals surface area contributed by atoms with E-state index in [0.717, 1.165) is 26.2 Å². The summed E-state index contributed by atoms with van der Waals surface area (Å²) in [5, 5.41) is 3.45. The Bertz CT molecular complexity index is 357. The molecule has 0 atom stereocenters. The quantitative estimate of drug-likeness (QED) is 0.748. The van der Waals surface area contributed by atoms with Gasteiger partial charge in [0.15, 0.2) is 0 Å². The molecule has 0 fully saturated rings. The largest absolute Gasteiger partial charge is 0.310 e. The van der Waals surface area contributed by atoms with E-state index in [-0.39, 0.29) is 0 Å². The minimum atomic E-state index is 0.539. The van der Waals surface area contributed by atoms with Crippen molar-refractivity contribution in [3.8, 4) is 0 Å². The maximum absolute atomic E-state index is 3.45. The lowest BCUT2D eigenvalue weighted by atomic mass is 10.1. The highest BCUT2D eigenvalue weighted by atomic mass is 15.1. The Morgan fingerprint density at radius 3 is 2.10 bits per heavy atom. The van der Waals surface area contributed by atoms with Gasteiger partial charge < -0.3 is 15.1 Å². The number of benzene rings is 1. The first-order valence-electron chi connectivity index (χ1n) is 7.62. The van der Waals surface area contributed by atoms with Crippen molar-refractivity contribution in [3.05, 3.63) is 35.4 Å². The first-order chi connectivity index (χ1) is 9.47. The van der Waals surface area contributed by atoms with Gasteiger partial charge in [0.05, 0.1) is 0 Å². The van der Waals surface area contributed by atoms with E-state index in [1.54, 1.807) is 0 Å². The average molecular weight is 277 g/mol. The van der Waals surface area contributed by atoms with Gasteiger partial charge in [-0.3, -0.25) is 0 Å². The Morgan fingerprint density at radius 2 is 1.55 bits per heavy atom. The molecule has 0 aliphatic carbocycles. The van der Waals surface area contributed by atoms with Crippen LogP contribution in [0, 0.1) is 0 Å². The number of rotatable bonds is 9. The zero-order valence-corrected chi connectivity index (χ0v) is 13.8. The molecule has 0 heterocycles. The minimum absolute atomic E-state index is 0.539. The van der Waals surface area contributed by atoms with Crippen LogP contribution in [0.5, 0.6) is 0 Å². The SMILES string of the molecule is CC(C)NCc1ccc(CN(C)CCCN(C)C)cc1. The molecule has 0 spiro atoms. The van der Waals surface area contributed by atoms with E-state index >= 15 is 0 Å². The van der Waals surface area contributed by atoms with Gasteiger partial charge in [-0.2, -0.15) is 0 Å². The Hall–Kier alpha value is -0.900. The third-order valence-electron chi connectivity index (χ3n) is 3.34. The van der Waals surface area contributed by atoms with Crippen LogP contribution in [0.4, 0.5) is 0 Å². The summed E-state index contributed by atoms with van der Waals surface area (Å²) >= 11 is 0. The molecule has 3 nitrogen and oxygen atoms in total. The van der Waals surface area contributed by atoms with Gasteiger partial charge in [-0.1, -0.05) is 38.1 Å². The third-order valence-corrected chi connectivity index (χ3v) is 3.34. The van der Waals surface area contributed by atoms with E-state index in [9.17, 15) is 0 Å². The summed E-state index contributed by atoms with van der Waals surface area (Å²) in [6.07, 6.45) is 1.22. The smallest absolute Gasteiger partial charge is 0.0230 e. The standard InChI is InChI=1S/C17H31N3/c1-15(2)18-13-16-7-9-17(10-8-16)14-20(5)12-6-11-19(3)4/h7-10,15,18H,6,11-14H2,1-5H3. The molecule has 1 rings (SSSR count). The average Bonchev–Trinajstić information content (AvgIpc) is 2.37. The Balaban J connectivity index is 2.33. The lowest BCUT2D eigenvalue weighted by molar-refractivity contribution is 0.294. The molecule has 0 bridgehead atoms. The second-order valence-electron chi connectivity index (χ2n) is 6.25. The van der Waals surface area contributed by atoms with Crippen molar-refractivity contribution < 1.29 is 0 Å². The van der Waals surface area contributed by atoms with E-state index in [2.05, 4.69) is 74.4 Å². The topological polar surface area (TPSA) is 18.5 Å². The fourth-order valence-electron chi connectivity index (χ4n) is 2.13. The molecule has 1 N–H and O–H groups in total. The summed E-state index contributed by atoms with van der Waals surface area (Å²) < 4.78 is 0. The van der Waals surface area contributed by atoms with Crippen LogP contribution in [-0.4, -0.2) is 50.1 Å². The number of nitrogens with one attached hydrogen (secondary N) is 1. The van der Waals surface area contributed by atoms with E-state index in [0.29, 0.717) is 6.04 Å². The van der Waals surface area contributed by atoms with Crippen LogP contribution in [-0.2, 0) is 13.1 Å². The lowest BCUT2D eigenvalue weighted by Gasteiger charge is -2.18. The normalized spacial score (nSPS) is 11.8. The molecule has 1 aromatic rings. The second-order valence-corrected chi connectivity index (χ2v) is 6.25. The molecule has 0 aliphatic heterocycles. The number of hydrogen-bond acceptors (Lipinski definition) is 3. The van der Waals surface area contributed by atoms with Crippen molar-refractivity contribution >= 4 is 0 Å². The molecule has 20 heavy (non-hydrogen) atoms. The molecule has 3 heteroatoms. The highest BCUT2D eigenvalue weighted by molar-refractivity contribution is 5.22. The van der Waals surface area contributed by atoms with Gasteiger partial charge in [0, 0.05) is 19.1 Å². The van der Waals surface area contributed by atoms with E-state index < -0.39 is 0 Å². The summed E-state index contributed by atoms with van der Waals surface area (Å²) in [7, 11) is 6.46. The van der Waals surface area contributed by atoms with Crippen molar-refractivity contribution in [1.29, 1.82) is 0 Å². The number of nitrogens with zero attached hydrogens (tertiary/aromatic N) is 2. The van der Waals surface area contributed by atoms with Crippen LogP contribution in [0.25, 0.3) is 0 Å². The van der Waals surface area contributed by atoms with Gasteiger partial charge >= 0.3 is 0 Å². The van der Waals surface area contributed by atoms with Gasteiger partial charge in [0.25, 0.3) is 0 Å². The van der Waals surface area contributed by atoms with Crippen molar-refractivity contribution in [2.24, 2.45) is 0 Å². The van der Waals surface area contributed by atoms with E-state index in [4.69, 9.17) is 0 Å². The summed E-state index contributed by atoms with van der Waals surface area (Å²) in [4.78, 5) is 4.63. The van der Waals surface area contributed by atoms with Crippen LogP contribution in [0.1, 0.15) is 31.4 Å². The van der Waals surface area contributed by atoms with Crippen molar-refractivity contribution in [2.75, 3.05) is 34.2 Å². The molecule has 0 amide bonds. The second kappa shape index (κ2) is 9.11. The van der Waals surface area contributed by atoms with Crippen LogP contribution in [0.3, 0.4) is 0 Å². The first-order valence-corrected chi connectivity index (χ1v) is 7.62. The van der Waals surface area contributed by atoms with Crippen LogP contribution >= 0.6 is 0 Å². The molecule has 0 saturated heterocycles. The molecule has 0 aromatic heterocycles. The summed E-state index contributed by atoms with van der Waals surface area (Å²) in [5.41, 5.74) is 2.75. The fraction of sp³-hybridized carbons (Fsp3) is 0.647. The molecular formula is C17H31N3. The van der Waals surface area contributed by atoms with Gasteiger partial charge in [-0.15, -0.1) is 0 Å². The summed E-state index contributed by atoms with van der Waals surface area (Å²) in [6.45, 7) is 8.65. The van der Waals surface area contributed by atoms with Crippen LogP contribution < -0.4 is 5.32 Å². The molecule has 0 radical (unpaired) electrons. The molecule has 0 unspecified atom stereocenters. The van der Waals surface area contributed by atoms with E-state index in [1.807, 2.05) is 0 Å². The Morgan fingerprint density at radius 1 is 0.950 bits per heavy atom. The monoisotopic (exact) mass is 277 g/mol. The highest BCUT2D eigenvalue weighted by Gasteiger charge is 2.01. The lowest BCUT2D eigenvalue weighted by Crippen LogP contribution is -2.23. The molecule has 114 valence electrons. The number of hydrogen-bond donors (Lipinski definition) is 1. The van der Waals surface area contributed by atoms with E-state index in [1.165, 1.54) is 17.5 Å². The fourth-order valence-corrected chi connectivity index (χ4v) is 2.13. The maximum Gasteiger partial charge on any atom is 0.0230 e. The van der Waals surface area contributed by atoms with Crippen molar-refractivity contribution in [3.63, 3.8) is 0 Å². The predicted molar refractivity (Wildman–Crippen MR) is 87.9 cm³/mol. The zero-order chi connectivity index (χ0) is 15.0. The van der Waals surface area contributed by atoms with Gasteiger partial charge in [-0.25, -0.2) is 0 Å². The van der Waals surface area contributed by atoms with Crippen molar-refractivity contribution in [2.45, 2.75) is 39.4 Å². The molecule has 1 aromatic carbocycles. The van der Waals surface area contributed by atoms with Gasteiger partial charge in [0.2, 0.25) is 0 Å². The molecule has 0 saturated carbocycles. The minimum Gasteiger partial charge on any atom is -0.310 e. The van der Waals surface area contributed by atoms with Gasteiger partial charge in [0.1, 0.15) is 0 Å². The third kappa shape index (κ3) is 7.63. The Labute approximate surface area is 125 Å². The first kappa shape index (κ1) is 17.2. The zero-order valence-electron chi connectivity index (χ0n) is 13.8. The van der Waals surface area contributed by atoms with Crippen molar-refractivity contribution in [1.82, 2.24) is 15.1 Å². The predicted octanol–water partition coefficient (Wildman–Crippen LogP) is 2.57. The Kier molecular flexibility index (Phi) is 7.82. The van der Waals surface area contributed by atoms with Crippen LogP contribution in [0.15, 0.2) is 24.3 Å². The maximum atomic E-state index is 3.45. The van der Waals surface area contributed by atoms with Crippen LogP contribution in [0.2, 0.25) is 0 Å². The molecular weight excluding hydrogens is 246 g/mol. The van der Waals surface area contributed by atoms with Gasteiger partial charge in [-0.05, 0) is 51.8 Å². The summed E-state index contributed by atoms with van der Waals surface area (Å²) in [6, 6.07) is 9.51. The highest BCUT2D eigenvalue weighted by Crippen LogP contribution is 2.07. The molecule has 0 aliphatic rings.